The zero-order valence-electron chi connectivity index (χ0n) is 13.5. The minimum Gasteiger partial charge on any atom is -0.490 e. The second kappa shape index (κ2) is 6.43. The highest BCUT2D eigenvalue weighted by molar-refractivity contribution is 6.34. The molecule has 1 N–H and O–H groups in total. The zero-order valence-corrected chi connectivity index (χ0v) is 15.0. The lowest BCUT2D eigenvalue weighted by Crippen LogP contribution is -2.27. The number of fused-ring (bicyclic) bond motifs is 1. The first-order valence-corrected chi connectivity index (χ1v) is 9.01. The number of benzene rings is 2. The smallest absolute Gasteiger partial charge is 0.235 e. The molecule has 0 radical (unpaired) electrons. The Bertz CT molecular complexity index is 816. The van der Waals surface area contributed by atoms with E-state index < -0.39 is 5.41 Å². The summed E-state index contributed by atoms with van der Waals surface area (Å²) in [5, 5.41) is 4.05. The lowest BCUT2D eigenvalue weighted by molar-refractivity contribution is -0.118. The number of anilines is 1. The molecule has 2 aromatic rings. The van der Waals surface area contributed by atoms with Gasteiger partial charge in [0.25, 0.3) is 0 Å². The molecule has 2 aromatic carbocycles. The Kier molecular flexibility index (Phi) is 4.26. The Hall–Kier alpha value is -1.91. The third kappa shape index (κ3) is 3.16. The van der Waals surface area contributed by atoms with Crippen molar-refractivity contribution in [2.75, 3.05) is 18.5 Å². The molecule has 1 saturated carbocycles. The van der Waals surface area contributed by atoms with E-state index in [9.17, 15) is 4.79 Å². The molecule has 1 aliphatic carbocycles. The maximum absolute atomic E-state index is 12.9. The highest BCUT2D eigenvalue weighted by Crippen LogP contribution is 2.49. The van der Waals surface area contributed by atoms with Crippen molar-refractivity contribution in [2.45, 2.75) is 24.7 Å². The summed E-state index contributed by atoms with van der Waals surface area (Å²) in [7, 11) is 0. The van der Waals surface area contributed by atoms with Gasteiger partial charge in [0.05, 0.1) is 29.3 Å². The molecule has 1 amide bonds. The molecule has 1 heterocycles. The van der Waals surface area contributed by atoms with Crippen molar-refractivity contribution >= 4 is 34.8 Å². The molecule has 1 fully saturated rings. The summed E-state index contributed by atoms with van der Waals surface area (Å²) in [6, 6.07) is 10.9. The van der Waals surface area contributed by atoms with Gasteiger partial charge in [-0.3, -0.25) is 4.79 Å². The van der Waals surface area contributed by atoms with E-state index in [-0.39, 0.29) is 5.91 Å². The summed E-state index contributed by atoms with van der Waals surface area (Å²) in [5.74, 6) is 1.15. The van der Waals surface area contributed by atoms with Crippen molar-refractivity contribution in [3.8, 4) is 11.5 Å². The van der Waals surface area contributed by atoms with Crippen LogP contribution in [0.1, 0.15) is 24.8 Å². The molecule has 0 atom stereocenters. The molecule has 1 aliphatic heterocycles. The van der Waals surface area contributed by atoms with Crippen LogP contribution in [0, 0.1) is 0 Å². The Morgan fingerprint density at radius 2 is 1.64 bits per heavy atom. The fourth-order valence-corrected chi connectivity index (χ4v) is 3.39. The Morgan fingerprint density at radius 3 is 2.28 bits per heavy atom. The van der Waals surface area contributed by atoms with E-state index in [0.29, 0.717) is 40.4 Å². The quantitative estimate of drug-likeness (QED) is 0.833. The third-order valence-electron chi connectivity index (χ3n) is 4.67. The third-order valence-corrected chi connectivity index (χ3v) is 5.23. The van der Waals surface area contributed by atoms with Gasteiger partial charge in [-0.05, 0) is 30.5 Å². The van der Waals surface area contributed by atoms with E-state index in [4.69, 9.17) is 32.7 Å². The van der Waals surface area contributed by atoms with Crippen LogP contribution in [-0.4, -0.2) is 19.1 Å². The highest BCUT2D eigenvalue weighted by atomic mass is 35.5. The zero-order chi connectivity index (χ0) is 17.4. The molecule has 0 bridgehead atoms. The van der Waals surface area contributed by atoms with Gasteiger partial charge in [0, 0.05) is 23.6 Å². The van der Waals surface area contributed by atoms with Crippen LogP contribution in [0.3, 0.4) is 0 Å². The van der Waals surface area contributed by atoms with Crippen LogP contribution >= 0.6 is 23.2 Å². The van der Waals surface area contributed by atoms with Gasteiger partial charge in [0.15, 0.2) is 11.5 Å². The molecule has 6 heteroatoms. The maximum atomic E-state index is 12.9. The van der Waals surface area contributed by atoms with E-state index in [1.807, 2.05) is 24.3 Å². The molecule has 0 saturated heterocycles. The normalized spacial score (nSPS) is 17.5. The lowest BCUT2D eigenvalue weighted by atomic mass is 9.95. The number of carbonyl (C=O) groups is 1. The topological polar surface area (TPSA) is 47.6 Å². The number of nitrogens with one attached hydrogen (secondary N) is 1. The fraction of sp³-hybridized carbons (Fsp3) is 0.316. The van der Waals surface area contributed by atoms with E-state index in [1.165, 1.54) is 0 Å². The molecule has 25 heavy (non-hydrogen) atoms. The van der Waals surface area contributed by atoms with Crippen molar-refractivity contribution in [2.24, 2.45) is 0 Å². The molecule has 130 valence electrons. The van der Waals surface area contributed by atoms with Crippen molar-refractivity contribution in [1.82, 2.24) is 0 Å². The van der Waals surface area contributed by atoms with Gasteiger partial charge in [0.1, 0.15) is 0 Å². The van der Waals surface area contributed by atoms with E-state index in [2.05, 4.69) is 5.32 Å². The predicted molar refractivity (Wildman–Crippen MR) is 98.1 cm³/mol. The summed E-state index contributed by atoms with van der Waals surface area (Å²) < 4.78 is 11.3. The Labute approximate surface area is 156 Å². The van der Waals surface area contributed by atoms with Crippen LogP contribution in [0.5, 0.6) is 11.5 Å². The van der Waals surface area contributed by atoms with Gasteiger partial charge in [-0.25, -0.2) is 0 Å². The fourth-order valence-electron chi connectivity index (χ4n) is 3.06. The first kappa shape index (κ1) is 16.6. The molecule has 4 rings (SSSR count). The van der Waals surface area contributed by atoms with Crippen LogP contribution < -0.4 is 14.8 Å². The SMILES string of the molecule is O=C(Nc1cc2c(cc1Cl)OCCCO2)C1(c2ccc(Cl)cc2)CC1. The predicted octanol–water partition coefficient (Wildman–Crippen LogP) is 4.83. The minimum atomic E-state index is -0.502. The average Bonchev–Trinajstić information content (AvgIpc) is 3.41. The maximum Gasteiger partial charge on any atom is 0.235 e. The highest BCUT2D eigenvalue weighted by Gasteiger charge is 2.51. The number of halogens is 2. The first-order valence-electron chi connectivity index (χ1n) is 8.25. The van der Waals surface area contributed by atoms with Crippen LogP contribution in [0.15, 0.2) is 36.4 Å². The minimum absolute atomic E-state index is 0.0637. The van der Waals surface area contributed by atoms with Crippen molar-refractivity contribution in [3.63, 3.8) is 0 Å². The molecular formula is C19H17Cl2NO3. The summed E-state index contributed by atoms with van der Waals surface area (Å²) in [6.45, 7) is 1.17. The average molecular weight is 378 g/mol. The monoisotopic (exact) mass is 377 g/mol. The number of rotatable bonds is 3. The lowest BCUT2D eigenvalue weighted by Gasteiger charge is -2.18. The van der Waals surface area contributed by atoms with Gasteiger partial charge in [0.2, 0.25) is 5.91 Å². The summed E-state index contributed by atoms with van der Waals surface area (Å²) in [4.78, 5) is 12.9. The number of amides is 1. The van der Waals surface area contributed by atoms with Gasteiger partial charge >= 0.3 is 0 Å². The van der Waals surface area contributed by atoms with Gasteiger partial charge in [-0.15, -0.1) is 0 Å². The van der Waals surface area contributed by atoms with Crippen molar-refractivity contribution < 1.29 is 14.3 Å². The van der Waals surface area contributed by atoms with Gasteiger partial charge in [-0.1, -0.05) is 35.3 Å². The Balaban J connectivity index is 1.59. The molecular weight excluding hydrogens is 361 g/mol. The van der Waals surface area contributed by atoms with Crippen LogP contribution in [0.25, 0.3) is 0 Å². The van der Waals surface area contributed by atoms with E-state index in [0.717, 1.165) is 24.8 Å². The second-order valence-corrected chi connectivity index (χ2v) is 7.22. The molecule has 0 unspecified atom stereocenters. The summed E-state index contributed by atoms with van der Waals surface area (Å²) in [5.41, 5.74) is 1.01. The summed E-state index contributed by atoms with van der Waals surface area (Å²) in [6.07, 6.45) is 2.43. The largest absolute Gasteiger partial charge is 0.490 e. The molecule has 0 spiro atoms. The van der Waals surface area contributed by atoms with Crippen LogP contribution in [-0.2, 0) is 10.2 Å². The van der Waals surface area contributed by atoms with E-state index in [1.54, 1.807) is 12.1 Å². The molecule has 0 aromatic heterocycles. The number of hydrogen-bond acceptors (Lipinski definition) is 3. The first-order chi connectivity index (χ1) is 12.1. The second-order valence-electron chi connectivity index (χ2n) is 6.37. The number of hydrogen-bond donors (Lipinski definition) is 1. The van der Waals surface area contributed by atoms with Gasteiger partial charge in [-0.2, -0.15) is 0 Å². The molecule has 4 nitrogen and oxygen atoms in total. The van der Waals surface area contributed by atoms with Crippen LogP contribution in [0.4, 0.5) is 5.69 Å². The number of carbonyl (C=O) groups excluding carboxylic acids is 1. The summed E-state index contributed by atoms with van der Waals surface area (Å²) >= 11 is 12.3. The molecule has 2 aliphatic rings. The van der Waals surface area contributed by atoms with Gasteiger partial charge < -0.3 is 14.8 Å². The van der Waals surface area contributed by atoms with Crippen molar-refractivity contribution in [3.05, 3.63) is 52.0 Å². The number of ether oxygens (including phenoxy) is 2. The van der Waals surface area contributed by atoms with E-state index >= 15 is 0 Å². The van der Waals surface area contributed by atoms with Crippen LogP contribution in [0.2, 0.25) is 10.0 Å². The Morgan fingerprint density at radius 1 is 1.00 bits per heavy atom. The van der Waals surface area contributed by atoms with Crippen molar-refractivity contribution in [1.29, 1.82) is 0 Å². The standard InChI is InChI=1S/C19H17Cl2NO3/c20-13-4-2-12(3-5-13)19(6-7-19)18(23)22-15-11-17-16(10-14(15)21)24-8-1-9-25-17/h2-5,10-11H,1,6-9H2,(H,22,23).